The minimum Gasteiger partial charge on any atom is -0.480 e. The lowest BCUT2D eigenvalue weighted by Gasteiger charge is -2.25. The Morgan fingerprint density at radius 1 is 1.04 bits per heavy atom. The molecule has 0 heterocycles. The number of nitrogens with one attached hydrogen (secondary N) is 3. The molecular formula is C14H26N4O6S. The molecule has 0 spiro atoms. The Labute approximate surface area is 151 Å². The van der Waals surface area contributed by atoms with E-state index in [-0.39, 0.29) is 11.7 Å². The van der Waals surface area contributed by atoms with Crippen LogP contribution in [0.4, 0.5) is 0 Å². The molecule has 4 unspecified atom stereocenters. The van der Waals surface area contributed by atoms with Crippen LogP contribution in [0.5, 0.6) is 0 Å². The highest BCUT2D eigenvalue weighted by Gasteiger charge is 2.31. The average molecular weight is 378 g/mol. The molecule has 10 nitrogen and oxygen atoms in total. The lowest BCUT2D eigenvalue weighted by Crippen LogP contribution is -2.57. The van der Waals surface area contributed by atoms with E-state index in [1.54, 1.807) is 13.8 Å². The van der Waals surface area contributed by atoms with E-state index in [4.69, 9.17) is 10.8 Å². The van der Waals surface area contributed by atoms with Gasteiger partial charge in [-0.2, -0.15) is 12.6 Å². The normalized spacial score (nSPS) is 15.6. The van der Waals surface area contributed by atoms with Gasteiger partial charge in [0.05, 0.1) is 18.7 Å². The fraction of sp³-hybridized carbons (Fsp3) is 0.714. The minimum absolute atomic E-state index is 0.112. The molecule has 11 heteroatoms. The van der Waals surface area contributed by atoms with Gasteiger partial charge in [-0.3, -0.25) is 14.4 Å². The molecule has 4 atom stereocenters. The second kappa shape index (κ2) is 10.9. The molecule has 7 N–H and O–H groups in total. The summed E-state index contributed by atoms with van der Waals surface area (Å²) in [6.07, 6.45) is -1.31. The smallest absolute Gasteiger partial charge is 0.328 e. The Bertz CT molecular complexity index is 500. The Balaban J connectivity index is 4.79. The molecule has 0 bridgehead atoms. The molecule has 0 aliphatic rings. The summed E-state index contributed by atoms with van der Waals surface area (Å²) < 4.78 is 0. The summed E-state index contributed by atoms with van der Waals surface area (Å²) in [6, 6.07) is -3.40. The molecule has 25 heavy (non-hydrogen) atoms. The number of carbonyl (C=O) groups is 4. The van der Waals surface area contributed by atoms with Crippen LogP contribution in [0.25, 0.3) is 0 Å². The van der Waals surface area contributed by atoms with E-state index in [0.717, 1.165) is 0 Å². The molecule has 0 aromatic rings. The summed E-state index contributed by atoms with van der Waals surface area (Å²) in [7, 11) is 0. The zero-order valence-corrected chi connectivity index (χ0v) is 15.2. The molecule has 0 saturated heterocycles. The van der Waals surface area contributed by atoms with E-state index in [2.05, 4.69) is 28.6 Å². The number of aliphatic hydroxyl groups is 1. The van der Waals surface area contributed by atoms with Crippen molar-refractivity contribution in [1.82, 2.24) is 16.0 Å². The third kappa shape index (κ3) is 8.18. The van der Waals surface area contributed by atoms with Gasteiger partial charge < -0.3 is 31.9 Å². The number of nitrogens with two attached hydrogens (primary N) is 1. The van der Waals surface area contributed by atoms with Crippen molar-refractivity contribution in [3.05, 3.63) is 0 Å². The van der Waals surface area contributed by atoms with Crippen molar-refractivity contribution in [3.63, 3.8) is 0 Å². The quantitative estimate of drug-likeness (QED) is 0.205. The first-order chi connectivity index (χ1) is 11.5. The molecule has 0 saturated carbocycles. The van der Waals surface area contributed by atoms with Gasteiger partial charge in [0.25, 0.3) is 0 Å². The van der Waals surface area contributed by atoms with E-state index in [9.17, 15) is 24.3 Å². The van der Waals surface area contributed by atoms with Crippen LogP contribution in [0.15, 0.2) is 0 Å². The highest BCUT2D eigenvalue weighted by molar-refractivity contribution is 7.80. The standard InChI is InChI=1S/C14H26N4O6S/c1-6(2)10(13(22)18-11(7(3)19)14(23)24)17-9(20)4-16-12(21)8(15)5-25/h6-8,10-11,19,25H,4-5,15H2,1-3H3,(H,16,21)(H,17,20)(H,18,22)(H,23,24). The Hall–Kier alpha value is -1.85. The topological polar surface area (TPSA) is 171 Å². The van der Waals surface area contributed by atoms with Crippen LogP contribution in [0.1, 0.15) is 20.8 Å². The number of thiol groups is 1. The number of aliphatic carboxylic acids is 1. The largest absolute Gasteiger partial charge is 0.480 e. The Morgan fingerprint density at radius 3 is 2.00 bits per heavy atom. The van der Waals surface area contributed by atoms with Crippen LogP contribution in [0.3, 0.4) is 0 Å². The zero-order valence-electron chi connectivity index (χ0n) is 14.4. The minimum atomic E-state index is -1.50. The monoisotopic (exact) mass is 378 g/mol. The highest BCUT2D eigenvalue weighted by atomic mass is 32.1. The van der Waals surface area contributed by atoms with Crippen molar-refractivity contribution >= 4 is 36.3 Å². The number of rotatable bonds is 10. The molecule has 0 aliphatic carbocycles. The van der Waals surface area contributed by atoms with Gasteiger partial charge in [-0.1, -0.05) is 13.8 Å². The van der Waals surface area contributed by atoms with Gasteiger partial charge in [0.2, 0.25) is 17.7 Å². The van der Waals surface area contributed by atoms with Gasteiger partial charge in [0, 0.05) is 5.75 Å². The molecule has 144 valence electrons. The van der Waals surface area contributed by atoms with Gasteiger partial charge in [0.15, 0.2) is 6.04 Å². The van der Waals surface area contributed by atoms with Gasteiger partial charge in [-0.15, -0.1) is 0 Å². The number of hydrogen-bond donors (Lipinski definition) is 7. The first-order valence-electron chi connectivity index (χ1n) is 7.66. The molecule has 0 rings (SSSR count). The summed E-state index contributed by atoms with van der Waals surface area (Å²) >= 11 is 3.87. The molecule has 0 fully saturated rings. The van der Waals surface area contributed by atoms with E-state index >= 15 is 0 Å². The predicted octanol–water partition coefficient (Wildman–Crippen LogP) is -2.55. The van der Waals surface area contributed by atoms with Crippen molar-refractivity contribution < 1.29 is 29.4 Å². The summed E-state index contributed by atoms with van der Waals surface area (Å²) in [6.45, 7) is 4.13. The maximum atomic E-state index is 12.2. The van der Waals surface area contributed by atoms with E-state index in [1.165, 1.54) is 6.92 Å². The number of carboxylic acid groups (broad SMARTS) is 1. The van der Waals surface area contributed by atoms with Crippen LogP contribution in [-0.2, 0) is 19.2 Å². The number of carboxylic acids is 1. The van der Waals surface area contributed by atoms with E-state index in [1.807, 2.05) is 0 Å². The van der Waals surface area contributed by atoms with Gasteiger partial charge in [-0.25, -0.2) is 4.79 Å². The molecular weight excluding hydrogens is 352 g/mol. The van der Waals surface area contributed by atoms with Crippen molar-refractivity contribution in [2.24, 2.45) is 11.7 Å². The van der Waals surface area contributed by atoms with Crippen LogP contribution < -0.4 is 21.7 Å². The SMILES string of the molecule is CC(C)C(NC(=O)CNC(=O)C(N)CS)C(=O)NC(C(=O)O)C(C)O. The Kier molecular flexibility index (Phi) is 10.1. The second-order valence-corrected chi connectivity index (χ2v) is 6.23. The zero-order chi connectivity index (χ0) is 19.7. The van der Waals surface area contributed by atoms with Crippen molar-refractivity contribution in [1.29, 1.82) is 0 Å². The fourth-order valence-corrected chi connectivity index (χ4v) is 1.94. The maximum Gasteiger partial charge on any atom is 0.328 e. The van der Waals surface area contributed by atoms with Crippen molar-refractivity contribution in [2.75, 3.05) is 12.3 Å². The van der Waals surface area contributed by atoms with E-state index < -0.39 is 54.5 Å². The second-order valence-electron chi connectivity index (χ2n) is 5.86. The molecule has 0 aliphatic heterocycles. The predicted molar refractivity (Wildman–Crippen MR) is 92.9 cm³/mol. The molecule has 0 aromatic heterocycles. The average Bonchev–Trinajstić information content (AvgIpc) is 2.53. The number of hydrogen-bond acceptors (Lipinski definition) is 7. The molecule has 3 amide bonds. The number of aliphatic hydroxyl groups excluding tert-OH is 1. The lowest BCUT2D eigenvalue weighted by molar-refractivity contribution is -0.145. The van der Waals surface area contributed by atoms with Crippen molar-refractivity contribution in [2.45, 2.75) is 45.0 Å². The highest BCUT2D eigenvalue weighted by Crippen LogP contribution is 2.04. The summed E-state index contributed by atoms with van der Waals surface area (Å²) in [5.74, 6) is -3.60. The van der Waals surface area contributed by atoms with Crippen LogP contribution in [0, 0.1) is 5.92 Å². The molecule has 0 radical (unpaired) electrons. The summed E-state index contributed by atoms with van der Waals surface area (Å²) in [4.78, 5) is 46.6. The fourth-order valence-electron chi connectivity index (χ4n) is 1.77. The van der Waals surface area contributed by atoms with Crippen LogP contribution >= 0.6 is 12.6 Å². The maximum absolute atomic E-state index is 12.2. The lowest BCUT2D eigenvalue weighted by atomic mass is 10.0. The number of amides is 3. The van der Waals surface area contributed by atoms with E-state index in [0.29, 0.717) is 0 Å². The third-order valence-corrected chi connectivity index (χ3v) is 3.66. The molecule has 0 aromatic carbocycles. The number of carbonyl (C=O) groups excluding carboxylic acids is 3. The van der Waals surface area contributed by atoms with Crippen molar-refractivity contribution in [3.8, 4) is 0 Å². The first-order valence-corrected chi connectivity index (χ1v) is 8.29. The summed E-state index contributed by atoms with van der Waals surface area (Å²) in [5, 5.41) is 25.3. The van der Waals surface area contributed by atoms with Crippen LogP contribution in [0.2, 0.25) is 0 Å². The Morgan fingerprint density at radius 2 is 1.60 bits per heavy atom. The van der Waals surface area contributed by atoms with Crippen LogP contribution in [-0.4, -0.2) is 70.4 Å². The summed E-state index contributed by atoms with van der Waals surface area (Å²) in [5.41, 5.74) is 5.45. The van der Waals surface area contributed by atoms with Gasteiger partial charge in [-0.05, 0) is 12.8 Å². The van der Waals surface area contributed by atoms with Gasteiger partial charge >= 0.3 is 5.97 Å². The van der Waals surface area contributed by atoms with Gasteiger partial charge in [0.1, 0.15) is 6.04 Å². The first kappa shape index (κ1) is 23.1. The third-order valence-electron chi connectivity index (χ3n) is 3.27.